The molecule has 2 aliphatic rings. The van der Waals surface area contributed by atoms with Crippen molar-refractivity contribution < 1.29 is 9.59 Å². The molecule has 1 saturated heterocycles. The maximum Gasteiger partial charge on any atom is 0.300 e. The largest absolute Gasteiger partial charge is 0.369 e. The molecule has 128 valence electrons. The first-order chi connectivity index (χ1) is 12.1. The van der Waals surface area contributed by atoms with Gasteiger partial charge in [0.15, 0.2) is 0 Å². The molecule has 0 radical (unpaired) electrons. The zero-order valence-electron chi connectivity index (χ0n) is 13.7. The van der Waals surface area contributed by atoms with Crippen LogP contribution in [-0.2, 0) is 4.79 Å². The summed E-state index contributed by atoms with van der Waals surface area (Å²) in [5.41, 5.74) is 2.28. The number of carbonyl (C=O) groups is 2. The van der Waals surface area contributed by atoms with Crippen molar-refractivity contribution in [1.82, 2.24) is 4.90 Å². The predicted molar refractivity (Wildman–Crippen MR) is 98.4 cm³/mol. The number of para-hydroxylation sites is 1. The van der Waals surface area contributed by atoms with Gasteiger partial charge < -0.3 is 4.90 Å². The van der Waals surface area contributed by atoms with Gasteiger partial charge in [0, 0.05) is 36.9 Å². The average Bonchev–Trinajstić information content (AvgIpc) is 2.88. The second kappa shape index (κ2) is 6.50. The number of benzene rings is 2. The minimum atomic E-state index is -0.472. The van der Waals surface area contributed by atoms with E-state index in [2.05, 4.69) is 21.9 Å². The van der Waals surface area contributed by atoms with Gasteiger partial charge >= 0.3 is 5.91 Å². The lowest BCUT2D eigenvalue weighted by Crippen LogP contribution is -2.51. The summed E-state index contributed by atoms with van der Waals surface area (Å²) in [7, 11) is 0. The Labute approximate surface area is 151 Å². The van der Waals surface area contributed by atoms with Crippen LogP contribution in [0.2, 0.25) is 5.02 Å². The number of hydrogen-bond acceptors (Lipinski definition) is 4. The van der Waals surface area contributed by atoms with E-state index in [1.165, 1.54) is 5.69 Å². The molecule has 2 aliphatic heterocycles. The maximum atomic E-state index is 12.3. The fourth-order valence-corrected chi connectivity index (χ4v) is 3.57. The fourth-order valence-electron chi connectivity index (χ4n) is 3.40. The molecule has 2 aromatic carbocycles. The van der Waals surface area contributed by atoms with Gasteiger partial charge in [0.25, 0.3) is 5.78 Å². The third kappa shape index (κ3) is 3.01. The minimum absolute atomic E-state index is 0.403. The summed E-state index contributed by atoms with van der Waals surface area (Å²) >= 11 is 5.95. The number of piperazine rings is 1. The molecule has 0 atom stereocenters. The van der Waals surface area contributed by atoms with E-state index in [-0.39, 0.29) is 0 Å². The van der Waals surface area contributed by atoms with Crippen LogP contribution in [0.5, 0.6) is 0 Å². The number of rotatable bonds is 3. The fraction of sp³-hybridized carbons (Fsp3) is 0.263. The van der Waals surface area contributed by atoms with Gasteiger partial charge in [-0.1, -0.05) is 29.8 Å². The predicted octanol–water partition coefficient (Wildman–Crippen LogP) is 2.65. The van der Waals surface area contributed by atoms with Crippen molar-refractivity contribution in [2.45, 2.75) is 0 Å². The van der Waals surface area contributed by atoms with Crippen molar-refractivity contribution in [3.8, 4) is 0 Å². The van der Waals surface area contributed by atoms with Gasteiger partial charge in [-0.2, -0.15) is 0 Å². The quantitative estimate of drug-likeness (QED) is 0.794. The van der Waals surface area contributed by atoms with E-state index < -0.39 is 11.7 Å². The third-order valence-corrected chi connectivity index (χ3v) is 5.00. The van der Waals surface area contributed by atoms with Gasteiger partial charge in [0.1, 0.15) is 0 Å². The highest BCUT2D eigenvalue weighted by Gasteiger charge is 2.37. The summed E-state index contributed by atoms with van der Waals surface area (Å²) in [4.78, 5) is 30.6. The number of nitrogens with zero attached hydrogens (tertiary/aromatic N) is 3. The Hall–Kier alpha value is -2.37. The SMILES string of the molecule is O=C1C(=O)N(CN2CCN(c3ccccc3)CC2)c2ccc(Cl)cc21. The van der Waals surface area contributed by atoms with Gasteiger partial charge in [-0.25, -0.2) is 0 Å². The van der Waals surface area contributed by atoms with Crippen molar-refractivity contribution in [2.75, 3.05) is 42.6 Å². The molecular formula is C19H18ClN3O2. The van der Waals surface area contributed by atoms with Gasteiger partial charge in [0.2, 0.25) is 0 Å². The van der Waals surface area contributed by atoms with Crippen LogP contribution in [0, 0.1) is 0 Å². The van der Waals surface area contributed by atoms with E-state index >= 15 is 0 Å². The number of fused-ring (bicyclic) bond motifs is 1. The number of halogens is 1. The van der Waals surface area contributed by atoms with Crippen LogP contribution in [-0.4, -0.2) is 49.4 Å². The Morgan fingerprint density at radius 1 is 0.920 bits per heavy atom. The van der Waals surface area contributed by atoms with Crippen LogP contribution in [0.1, 0.15) is 10.4 Å². The second-order valence-electron chi connectivity index (χ2n) is 6.31. The number of anilines is 2. The topological polar surface area (TPSA) is 43.9 Å². The summed E-state index contributed by atoms with van der Waals surface area (Å²) in [6.07, 6.45) is 0. The molecule has 6 heteroatoms. The monoisotopic (exact) mass is 355 g/mol. The van der Waals surface area contributed by atoms with Crippen LogP contribution in [0.3, 0.4) is 0 Å². The number of Topliss-reactive ketones (excluding diaryl/α,β-unsaturated/α-hetero) is 1. The molecule has 0 unspecified atom stereocenters. The average molecular weight is 356 g/mol. The molecule has 0 aromatic heterocycles. The first kappa shape index (κ1) is 16.1. The Morgan fingerprint density at radius 2 is 1.64 bits per heavy atom. The molecule has 1 fully saturated rings. The summed E-state index contributed by atoms with van der Waals surface area (Å²) in [5, 5.41) is 0.471. The minimum Gasteiger partial charge on any atom is -0.369 e. The Balaban J connectivity index is 1.44. The highest BCUT2D eigenvalue weighted by Crippen LogP contribution is 2.31. The van der Waals surface area contributed by atoms with Crippen molar-refractivity contribution in [3.63, 3.8) is 0 Å². The lowest BCUT2D eigenvalue weighted by atomic mass is 10.1. The van der Waals surface area contributed by atoms with Crippen LogP contribution in [0.25, 0.3) is 0 Å². The Morgan fingerprint density at radius 3 is 2.36 bits per heavy atom. The standard InChI is InChI=1S/C19H18ClN3O2/c20-14-6-7-17-16(12-14)18(24)19(25)23(17)13-21-8-10-22(11-9-21)15-4-2-1-3-5-15/h1-7,12H,8-11,13H2. The smallest absolute Gasteiger partial charge is 0.300 e. The number of ketones is 1. The molecule has 0 bridgehead atoms. The molecule has 2 heterocycles. The van der Waals surface area contributed by atoms with Gasteiger partial charge in [-0.15, -0.1) is 0 Å². The summed E-state index contributed by atoms with van der Waals surface area (Å²) in [6.45, 7) is 3.91. The molecule has 25 heavy (non-hydrogen) atoms. The molecule has 4 rings (SSSR count). The van der Waals surface area contributed by atoms with Gasteiger partial charge in [-0.05, 0) is 30.3 Å². The lowest BCUT2D eigenvalue weighted by Gasteiger charge is -2.37. The van der Waals surface area contributed by atoms with E-state index in [0.717, 1.165) is 26.2 Å². The first-order valence-corrected chi connectivity index (χ1v) is 8.69. The van der Waals surface area contributed by atoms with Crippen LogP contribution in [0.15, 0.2) is 48.5 Å². The molecule has 5 nitrogen and oxygen atoms in total. The Kier molecular flexibility index (Phi) is 4.19. The maximum absolute atomic E-state index is 12.3. The number of carbonyl (C=O) groups excluding carboxylic acids is 2. The van der Waals surface area contributed by atoms with E-state index in [9.17, 15) is 9.59 Å². The van der Waals surface area contributed by atoms with Gasteiger partial charge in [-0.3, -0.25) is 19.4 Å². The zero-order valence-corrected chi connectivity index (χ0v) is 14.4. The molecule has 0 N–H and O–H groups in total. The molecule has 2 aromatic rings. The summed E-state index contributed by atoms with van der Waals surface area (Å²) < 4.78 is 0. The molecule has 1 amide bonds. The first-order valence-electron chi connectivity index (χ1n) is 8.31. The second-order valence-corrected chi connectivity index (χ2v) is 6.74. The third-order valence-electron chi connectivity index (χ3n) is 4.77. The van der Waals surface area contributed by atoms with Crippen molar-refractivity contribution >= 4 is 34.7 Å². The van der Waals surface area contributed by atoms with Crippen molar-refractivity contribution in [1.29, 1.82) is 0 Å². The van der Waals surface area contributed by atoms with Crippen LogP contribution < -0.4 is 9.80 Å². The van der Waals surface area contributed by atoms with Gasteiger partial charge in [0.05, 0.1) is 17.9 Å². The van der Waals surface area contributed by atoms with E-state index in [1.54, 1.807) is 23.1 Å². The van der Waals surface area contributed by atoms with Crippen LogP contribution >= 0.6 is 11.6 Å². The van der Waals surface area contributed by atoms with Crippen molar-refractivity contribution in [3.05, 3.63) is 59.1 Å². The Bertz CT molecular complexity index is 817. The number of amides is 1. The highest BCUT2D eigenvalue weighted by molar-refractivity contribution is 6.52. The summed E-state index contributed by atoms with van der Waals surface area (Å²) in [6, 6.07) is 15.4. The van der Waals surface area contributed by atoms with Crippen molar-refractivity contribution in [2.24, 2.45) is 0 Å². The molecule has 0 aliphatic carbocycles. The van der Waals surface area contributed by atoms with E-state index in [4.69, 9.17) is 11.6 Å². The highest BCUT2D eigenvalue weighted by atomic mass is 35.5. The normalized spacial score (nSPS) is 18.0. The molecule has 0 saturated carbocycles. The molecular weight excluding hydrogens is 338 g/mol. The van der Waals surface area contributed by atoms with E-state index in [0.29, 0.717) is 22.9 Å². The number of hydrogen-bond donors (Lipinski definition) is 0. The van der Waals surface area contributed by atoms with E-state index in [1.807, 2.05) is 18.2 Å². The molecule has 0 spiro atoms. The van der Waals surface area contributed by atoms with Crippen LogP contribution in [0.4, 0.5) is 11.4 Å². The zero-order chi connectivity index (χ0) is 17.4. The summed E-state index contributed by atoms with van der Waals surface area (Å²) in [5.74, 6) is -0.942. The lowest BCUT2D eigenvalue weighted by molar-refractivity contribution is -0.114.